The standard InChI is InChI=1S/C19H22N2O4/c1-19(2,9-11-7-13(20)3-5-15(11)17(22)23)10-12-8-14(21)4-6-16(12)18(24)25/h3-8H,9-10,20-21H2,1-2H3,(H,22,23)(H,24,25). The Bertz CT molecular complexity index is 761. The highest BCUT2D eigenvalue weighted by atomic mass is 16.4. The maximum atomic E-state index is 11.4. The third-order valence-electron chi connectivity index (χ3n) is 4.06. The van der Waals surface area contributed by atoms with E-state index in [1.807, 2.05) is 13.8 Å². The summed E-state index contributed by atoms with van der Waals surface area (Å²) in [6.07, 6.45) is 0.876. The SMILES string of the molecule is CC(C)(Cc1cc(N)ccc1C(=O)O)Cc1cc(N)ccc1C(=O)O. The topological polar surface area (TPSA) is 127 Å². The molecule has 0 aliphatic rings. The fourth-order valence-electron chi connectivity index (χ4n) is 3.03. The first-order valence-corrected chi connectivity index (χ1v) is 7.82. The van der Waals surface area contributed by atoms with Gasteiger partial charge in [0, 0.05) is 11.4 Å². The third-order valence-corrected chi connectivity index (χ3v) is 4.06. The average Bonchev–Trinajstić information content (AvgIpc) is 2.45. The van der Waals surface area contributed by atoms with Gasteiger partial charge < -0.3 is 21.7 Å². The van der Waals surface area contributed by atoms with Crippen molar-refractivity contribution in [1.29, 1.82) is 0 Å². The lowest BCUT2D eigenvalue weighted by atomic mass is 9.78. The molecule has 6 nitrogen and oxygen atoms in total. The highest BCUT2D eigenvalue weighted by Gasteiger charge is 2.25. The molecule has 132 valence electrons. The molecule has 0 bridgehead atoms. The van der Waals surface area contributed by atoms with Gasteiger partial charge in [-0.2, -0.15) is 0 Å². The van der Waals surface area contributed by atoms with Gasteiger partial charge in [0.15, 0.2) is 0 Å². The molecule has 0 spiro atoms. The van der Waals surface area contributed by atoms with E-state index in [-0.39, 0.29) is 11.1 Å². The van der Waals surface area contributed by atoms with Crippen LogP contribution in [0, 0.1) is 5.41 Å². The minimum Gasteiger partial charge on any atom is -0.478 e. The summed E-state index contributed by atoms with van der Waals surface area (Å²) >= 11 is 0. The predicted octanol–water partition coefficient (Wildman–Crippen LogP) is 3.06. The van der Waals surface area contributed by atoms with E-state index in [4.69, 9.17) is 11.5 Å². The highest BCUT2D eigenvalue weighted by Crippen LogP contribution is 2.31. The van der Waals surface area contributed by atoms with Crippen molar-refractivity contribution in [1.82, 2.24) is 0 Å². The summed E-state index contributed by atoms with van der Waals surface area (Å²) in [6, 6.07) is 9.41. The molecule has 0 aliphatic carbocycles. The van der Waals surface area contributed by atoms with Gasteiger partial charge >= 0.3 is 11.9 Å². The Morgan fingerprint density at radius 1 is 0.840 bits per heavy atom. The van der Waals surface area contributed by atoms with Crippen molar-refractivity contribution >= 4 is 23.3 Å². The molecule has 0 saturated heterocycles. The first-order valence-electron chi connectivity index (χ1n) is 7.82. The maximum absolute atomic E-state index is 11.4. The molecule has 0 aromatic heterocycles. The van der Waals surface area contributed by atoms with Crippen LogP contribution in [0.1, 0.15) is 45.7 Å². The summed E-state index contributed by atoms with van der Waals surface area (Å²) in [5.41, 5.74) is 13.8. The molecule has 0 fully saturated rings. The number of benzene rings is 2. The maximum Gasteiger partial charge on any atom is 0.335 e. The number of carboxylic acid groups (broad SMARTS) is 2. The zero-order chi connectivity index (χ0) is 18.8. The van der Waals surface area contributed by atoms with E-state index in [0.717, 1.165) is 0 Å². The van der Waals surface area contributed by atoms with Crippen molar-refractivity contribution in [3.63, 3.8) is 0 Å². The summed E-state index contributed by atoms with van der Waals surface area (Å²) in [7, 11) is 0. The van der Waals surface area contributed by atoms with Gasteiger partial charge in [-0.05, 0) is 65.8 Å². The number of nitrogen functional groups attached to an aromatic ring is 2. The molecule has 0 saturated carbocycles. The molecule has 0 radical (unpaired) electrons. The molecule has 25 heavy (non-hydrogen) atoms. The van der Waals surface area contributed by atoms with Crippen LogP contribution in [0.25, 0.3) is 0 Å². The Balaban J connectivity index is 2.35. The van der Waals surface area contributed by atoms with Crippen LogP contribution in [0.4, 0.5) is 11.4 Å². The van der Waals surface area contributed by atoms with E-state index in [2.05, 4.69) is 0 Å². The molecule has 2 aromatic carbocycles. The molecule has 6 heteroatoms. The lowest BCUT2D eigenvalue weighted by Crippen LogP contribution is -2.22. The average molecular weight is 342 g/mol. The second-order valence-electron chi connectivity index (χ2n) is 6.96. The number of carboxylic acids is 2. The van der Waals surface area contributed by atoms with Crippen molar-refractivity contribution in [3.8, 4) is 0 Å². The third kappa shape index (κ3) is 4.50. The second-order valence-corrected chi connectivity index (χ2v) is 6.96. The molecular weight excluding hydrogens is 320 g/mol. The van der Waals surface area contributed by atoms with Crippen LogP contribution in [0.2, 0.25) is 0 Å². The number of aromatic carboxylic acids is 2. The van der Waals surface area contributed by atoms with Gasteiger partial charge in [-0.25, -0.2) is 9.59 Å². The Kier molecular flexibility index (Phi) is 5.02. The van der Waals surface area contributed by atoms with E-state index >= 15 is 0 Å². The Hall–Kier alpha value is -3.02. The molecule has 0 amide bonds. The monoisotopic (exact) mass is 342 g/mol. The van der Waals surface area contributed by atoms with Crippen LogP contribution >= 0.6 is 0 Å². The van der Waals surface area contributed by atoms with Gasteiger partial charge in [-0.15, -0.1) is 0 Å². The quantitative estimate of drug-likeness (QED) is 0.598. The Morgan fingerprint density at radius 3 is 1.52 bits per heavy atom. The summed E-state index contributed by atoms with van der Waals surface area (Å²) in [4.78, 5) is 22.9. The van der Waals surface area contributed by atoms with Crippen LogP contribution in [-0.4, -0.2) is 22.2 Å². The Morgan fingerprint density at radius 2 is 1.20 bits per heavy atom. The lowest BCUT2D eigenvalue weighted by molar-refractivity contribution is 0.0685. The van der Waals surface area contributed by atoms with Gasteiger partial charge in [0.2, 0.25) is 0 Å². The summed E-state index contributed by atoms with van der Waals surface area (Å²) in [5, 5.41) is 18.7. The van der Waals surface area contributed by atoms with E-state index in [1.54, 1.807) is 24.3 Å². The van der Waals surface area contributed by atoms with E-state index in [9.17, 15) is 19.8 Å². The first-order chi connectivity index (χ1) is 11.6. The first kappa shape index (κ1) is 18.3. The normalized spacial score (nSPS) is 11.3. The van der Waals surface area contributed by atoms with E-state index in [1.165, 1.54) is 12.1 Å². The number of rotatable bonds is 6. The smallest absolute Gasteiger partial charge is 0.335 e. The number of nitrogens with two attached hydrogens (primary N) is 2. The molecular formula is C19H22N2O4. The van der Waals surface area contributed by atoms with Crippen LogP contribution in [-0.2, 0) is 12.8 Å². The van der Waals surface area contributed by atoms with Crippen LogP contribution < -0.4 is 11.5 Å². The second kappa shape index (κ2) is 6.84. The number of anilines is 2. The van der Waals surface area contributed by atoms with Gasteiger partial charge in [-0.1, -0.05) is 13.8 Å². The Labute approximate surface area is 146 Å². The lowest BCUT2D eigenvalue weighted by Gasteiger charge is -2.26. The summed E-state index contributed by atoms with van der Waals surface area (Å²) in [6.45, 7) is 3.91. The molecule has 6 N–H and O–H groups in total. The minimum absolute atomic E-state index is 0.202. The number of hydrogen-bond acceptors (Lipinski definition) is 4. The largest absolute Gasteiger partial charge is 0.478 e. The van der Waals surface area contributed by atoms with Crippen molar-refractivity contribution in [2.75, 3.05) is 11.5 Å². The number of carbonyl (C=O) groups is 2. The summed E-state index contributed by atoms with van der Waals surface area (Å²) in [5.74, 6) is -2.03. The fourth-order valence-corrected chi connectivity index (χ4v) is 3.03. The zero-order valence-corrected chi connectivity index (χ0v) is 14.2. The van der Waals surface area contributed by atoms with Crippen molar-refractivity contribution in [2.24, 2.45) is 5.41 Å². The zero-order valence-electron chi connectivity index (χ0n) is 14.2. The molecule has 0 atom stereocenters. The van der Waals surface area contributed by atoms with Crippen molar-refractivity contribution in [3.05, 3.63) is 58.7 Å². The van der Waals surface area contributed by atoms with E-state index in [0.29, 0.717) is 35.3 Å². The van der Waals surface area contributed by atoms with Crippen LogP contribution in [0.5, 0.6) is 0 Å². The van der Waals surface area contributed by atoms with Crippen molar-refractivity contribution in [2.45, 2.75) is 26.7 Å². The van der Waals surface area contributed by atoms with Gasteiger partial charge in [0.25, 0.3) is 0 Å². The van der Waals surface area contributed by atoms with Gasteiger partial charge in [-0.3, -0.25) is 0 Å². The molecule has 0 aliphatic heterocycles. The highest BCUT2D eigenvalue weighted by molar-refractivity contribution is 5.90. The summed E-state index contributed by atoms with van der Waals surface area (Å²) < 4.78 is 0. The minimum atomic E-state index is -1.01. The van der Waals surface area contributed by atoms with Gasteiger partial charge in [0.05, 0.1) is 11.1 Å². The van der Waals surface area contributed by atoms with Crippen LogP contribution in [0.3, 0.4) is 0 Å². The fraction of sp³-hybridized carbons (Fsp3) is 0.263. The molecule has 2 aromatic rings. The predicted molar refractivity (Wildman–Crippen MR) is 96.8 cm³/mol. The van der Waals surface area contributed by atoms with Crippen LogP contribution in [0.15, 0.2) is 36.4 Å². The van der Waals surface area contributed by atoms with E-state index < -0.39 is 17.4 Å². The number of hydrogen-bond donors (Lipinski definition) is 4. The molecule has 0 heterocycles. The van der Waals surface area contributed by atoms with Crippen molar-refractivity contribution < 1.29 is 19.8 Å². The molecule has 0 unspecified atom stereocenters. The molecule has 2 rings (SSSR count). The van der Waals surface area contributed by atoms with Gasteiger partial charge in [0.1, 0.15) is 0 Å².